The Morgan fingerprint density at radius 2 is 2.69 bits per heavy atom. The van der Waals surface area contributed by atoms with Gasteiger partial charge in [-0.05, 0) is 12.8 Å². The van der Waals surface area contributed by atoms with Gasteiger partial charge in [-0.2, -0.15) is 0 Å². The van der Waals surface area contributed by atoms with Crippen molar-refractivity contribution >= 4 is 0 Å². The number of imidazole rings is 1. The molecule has 1 aromatic rings. The second-order valence-corrected chi connectivity index (χ2v) is 3.33. The van der Waals surface area contributed by atoms with E-state index in [0.717, 1.165) is 32.0 Å². The van der Waals surface area contributed by atoms with E-state index in [-0.39, 0.29) is 0 Å². The van der Waals surface area contributed by atoms with Gasteiger partial charge >= 0.3 is 0 Å². The Kier molecular flexibility index (Phi) is 2.94. The van der Waals surface area contributed by atoms with Gasteiger partial charge in [0.1, 0.15) is 5.82 Å². The molecule has 0 bridgehead atoms. The lowest BCUT2D eigenvalue weighted by atomic mass is 10.1. The Morgan fingerprint density at radius 3 is 3.38 bits per heavy atom. The molecule has 1 fully saturated rings. The van der Waals surface area contributed by atoms with Gasteiger partial charge in [-0.1, -0.05) is 0 Å². The Bertz CT molecular complexity index is 229. The van der Waals surface area contributed by atoms with Crippen LogP contribution in [0.3, 0.4) is 0 Å². The largest absolute Gasteiger partial charge is 0.380 e. The standard InChI is InChI=1S/C9H15N3O/c1-2-8(7-13-5-1)12-6-9-10-3-4-11-9/h3-4,8,12H,1-2,5-7H2,(H,10,11). The van der Waals surface area contributed by atoms with Crippen LogP contribution in [0.5, 0.6) is 0 Å². The van der Waals surface area contributed by atoms with Crippen LogP contribution in [0.4, 0.5) is 0 Å². The summed E-state index contributed by atoms with van der Waals surface area (Å²) in [5.41, 5.74) is 0. The lowest BCUT2D eigenvalue weighted by Crippen LogP contribution is -2.36. The predicted molar refractivity (Wildman–Crippen MR) is 49.3 cm³/mol. The molecule has 4 nitrogen and oxygen atoms in total. The minimum Gasteiger partial charge on any atom is -0.380 e. The summed E-state index contributed by atoms with van der Waals surface area (Å²) in [5.74, 6) is 0.991. The zero-order chi connectivity index (χ0) is 8.93. The quantitative estimate of drug-likeness (QED) is 0.721. The lowest BCUT2D eigenvalue weighted by molar-refractivity contribution is 0.0697. The number of ether oxygens (including phenoxy) is 1. The topological polar surface area (TPSA) is 49.9 Å². The fourth-order valence-electron chi connectivity index (χ4n) is 1.54. The van der Waals surface area contributed by atoms with Crippen molar-refractivity contribution in [3.63, 3.8) is 0 Å². The van der Waals surface area contributed by atoms with Gasteiger partial charge in [-0.3, -0.25) is 0 Å². The minimum absolute atomic E-state index is 0.499. The van der Waals surface area contributed by atoms with Crippen LogP contribution in [0.2, 0.25) is 0 Å². The number of nitrogens with zero attached hydrogens (tertiary/aromatic N) is 1. The molecule has 4 heteroatoms. The second kappa shape index (κ2) is 4.39. The molecular weight excluding hydrogens is 166 g/mol. The number of hydrogen-bond acceptors (Lipinski definition) is 3. The number of nitrogens with one attached hydrogen (secondary N) is 2. The normalized spacial score (nSPS) is 23.2. The van der Waals surface area contributed by atoms with E-state index in [1.807, 2.05) is 6.20 Å². The van der Waals surface area contributed by atoms with Gasteiger partial charge in [-0.15, -0.1) is 0 Å². The Hall–Kier alpha value is -0.870. The maximum absolute atomic E-state index is 5.36. The monoisotopic (exact) mass is 181 g/mol. The molecule has 2 heterocycles. The maximum atomic E-state index is 5.36. The Balaban J connectivity index is 1.72. The van der Waals surface area contributed by atoms with Crippen LogP contribution in [0, 0.1) is 0 Å². The van der Waals surface area contributed by atoms with Crippen LogP contribution in [-0.4, -0.2) is 29.2 Å². The van der Waals surface area contributed by atoms with E-state index in [1.54, 1.807) is 6.20 Å². The van der Waals surface area contributed by atoms with Crippen molar-refractivity contribution in [2.24, 2.45) is 0 Å². The van der Waals surface area contributed by atoms with Crippen molar-refractivity contribution in [3.8, 4) is 0 Å². The number of hydrogen-bond donors (Lipinski definition) is 2. The smallest absolute Gasteiger partial charge is 0.120 e. The summed E-state index contributed by atoms with van der Waals surface area (Å²) in [6.07, 6.45) is 5.99. The highest BCUT2D eigenvalue weighted by molar-refractivity contribution is 4.87. The fraction of sp³-hybridized carbons (Fsp3) is 0.667. The maximum Gasteiger partial charge on any atom is 0.120 e. The number of aromatic amines is 1. The van der Waals surface area contributed by atoms with Gasteiger partial charge in [0.05, 0.1) is 13.2 Å². The average molecular weight is 181 g/mol. The zero-order valence-electron chi connectivity index (χ0n) is 7.62. The Labute approximate surface area is 77.7 Å². The third-order valence-electron chi connectivity index (χ3n) is 2.27. The fourth-order valence-corrected chi connectivity index (χ4v) is 1.54. The molecule has 72 valence electrons. The van der Waals surface area contributed by atoms with E-state index in [1.165, 1.54) is 6.42 Å². The molecule has 0 spiro atoms. The van der Waals surface area contributed by atoms with Crippen LogP contribution in [-0.2, 0) is 11.3 Å². The van der Waals surface area contributed by atoms with Gasteiger partial charge in [0.15, 0.2) is 0 Å². The van der Waals surface area contributed by atoms with E-state index in [4.69, 9.17) is 4.74 Å². The molecule has 2 rings (SSSR count). The molecule has 13 heavy (non-hydrogen) atoms. The van der Waals surface area contributed by atoms with E-state index in [9.17, 15) is 0 Å². The average Bonchev–Trinajstić information content (AvgIpc) is 2.69. The lowest BCUT2D eigenvalue weighted by Gasteiger charge is -2.22. The van der Waals surface area contributed by atoms with Crippen molar-refractivity contribution in [2.75, 3.05) is 13.2 Å². The van der Waals surface area contributed by atoms with Crippen LogP contribution < -0.4 is 5.32 Å². The number of aromatic nitrogens is 2. The van der Waals surface area contributed by atoms with Crippen LogP contribution in [0.25, 0.3) is 0 Å². The summed E-state index contributed by atoms with van der Waals surface area (Å²) in [4.78, 5) is 7.20. The molecule has 0 amide bonds. The molecule has 0 radical (unpaired) electrons. The molecule has 1 saturated heterocycles. The first-order chi connectivity index (χ1) is 6.45. The highest BCUT2D eigenvalue weighted by Gasteiger charge is 2.12. The van der Waals surface area contributed by atoms with Crippen molar-refractivity contribution in [1.29, 1.82) is 0 Å². The summed E-state index contributed by atoms with van der Waals surface area (Å²) in [6, 6.07) is 0.499. The molecule has 1 aliphatic rings. The van der Waals surface area contributed by atoms with Gasteiger partial charge in [-0.25, -0.2) is 4.98 Å². The summed E-state index contributed by atoms with van der Waals surface area (Å²) in [6.45, 7) is 2.56. The summed E-state index contributed by atoms with van der Waals surface area (Å²) in [7, 11) is 0. The van der Waals surface area contributed by atoms with Gasteiger partial charge < -0.3 is 15.0 Å². The minimum atomic E-state index is 0.499. The molecule has 0 saturated carbocycles. The molecule has 1 aliphatic heterocycles. The summed E-state index contributed by atoms with van der Waals surface area (Å²) in [5, 5.41) is 3.41. The molecular formula is C9H15N3O. The molecule has 1 unspecified atom stereocenters. The molecule has 1 atom stereocenters. The first kappa shape index (κ1) is 8.72. The van der Waals surface area contributed by atoms with Crippen molar-refractivity contribution < 1.29 is 4.74 Å². The van der Waals surface area contributed by atoms with Crippen LogP contribution in [0.1, 0.15) is 18.7 Å². The van der Waals surface area contributed by atoms with E-state index in [2.05, 4.69) is 15.3 Å². The first-order valence-electron chi connectivity index (χ1n) is 4.74. The summed E-state index contributed by atoms with van der Waals surface area (Å²) >= 11 is 0. The van der Waals surface area contributed by atoms with E-state index < -0.39 is 0 Å². The van der Waals surface area contributed by atoms with E-state index >= 15 is 0 Å². The summed E-state index contributed by atoms with van der Waals surface area (Å²) < 4.78 is 5.36. The predicted octanol–water partition coefficient (Wildman–Crippen LogP) is 0.678. The zero-order valence-corrected chi connectivity index (χ0v) is 7.62. The van der Waals surface area contributed by atoms with Crippen molar-refractivity contribution in [1.82, 2.24) is 15.3 Å². The highest BCUT2D eigenvalue weighted by atomic mass is 16.5. The third kappa shape index (κ3) is 2.54. The number of H-pyrrole nitrogens is 1. The SMILES string of the molecule is c1c[nH]c(CNC2CCCOC2)n1. The first-order valence-corrected chi connectivity index (χ1v) is 4.74. The Morgan fingerprint density at radius 1 is 1.69 bits per heavy atom. The molecule has 0 aromatic carbocycles. The van der Waals surface area contributed by atoms with Crippen LogP contribution in [0.15, 0.2) is 12.4 Å². The van der Waals surface area contributed by atoms with Gasteiger partial charge in [0.25, 0.3) is 0 Å². The highest BCUT2D eigenvalue weighted by Crippen LogP contribution is 2.05. The van der Waals surface area contributed by atoms with Crippen molar-refractivity contribution in [3.05, 3.63) is 18.2 Å². The molecule has 1 aromatic heterocycles. The van der Waals surface area contributed by atoms with Crippen LogP contribution >= 0.6 is 0 Å². The molecule has 2 N–H and O–H groups in total. The number of rotatable bonds is 3. The second-order valence-electron chi connectivity index (χ2n) is 3.33. The van der Waals surface area contributed by atoms with Gasteiger partial charge in [0.2, 0.25) is 0 Å². The molecule has 0 aliphatic carbocycles. The third-order valence-corrected chi connectivity index (χ3v) is 2.27. The van der Waals surface area contributed by atoms with Crippen molar-refractivity contribution in [2.45, 2.75) is 25.4 Å². The van der Waals surface area contributed by atoms with E-state index in [0.29, 0.717) is 6.04 Å². The van der Waals surface area contributed by atoms with Gasteiger partial charge in [0, 0.05) is 25.0 Å².